The van der Waals surface area contributed by atoms with Crippen molar-refractivity contribution >= 4 is 0 Å². The number of nitrogens with zero attached hydrogens (tertiary/aromatic N) is 1. The lowest BCUT2D eigenvalue weighted by atomic mass is 9.84. The third-order valence-electron chi connectivity index (χ3n) is 5.51. The maximum atomic E-state index is 6.48. The van der Waals surface area contributed by atoms with Crippen molar-refractivity contribution in [3.8, 4) is 0 Å². The first-order chi connectivity index (χ1) is 9.74. The second-order valence-electron chi connectivity index (χ2n) is 6.73. The van der Waals surface area contributed by atoms with Gasteiger partial charge in [0.05, 0.1) is 13.2 Å². The summed E-state index contributed by atoms with van der Waals surface area (Å²) in [5, 5.41) is 0. The first-order valence-electron chi connectivity index (χ1n) is 8.53. The summed E-state index contributed by atoms with van der Waals surface area (Å²) in [5.74, 6) is -0.314. The highest BCUT2D eigenvalue weighted by molar-refractivity contribution is 4.97. The van der Waals surface area contributed by atoms with Crippen LogP contribution in [-0.2, 0) is 9.47 Å². The Bertz CT molecular complexity index is 318. The van der Waals surface area contributed by atoms with Crippen LogP contribution in [0.25, 0.3) is 0 Å². The third kappa shape index (κ3) is 2.89. The van der Waals surface area contributed by atoms with E-state index in [9.17, 15) is 0 Å². The highest BCUT2D eigenvalue weighted by atomic mass is 16.7. The maximum Gasteiger partial charge on any atom is 0.170 e. The predicted octanol–water partition coefficient (Wildman–Crippen LogP) is 2.26. The summed E-state index contributed by atoms with van der Waals surface area (Å²) in [6.07, 6.45) is 9.57. The summed E-state index contributed by atoms with van der Waals surface area (Å²) < 4.78 is 11.9. The topological polar surface area (TPSA) is 47.7 Å². The first-order valence-corrected chi connectivity index (χ1v) is 8.53. The molecule has 2 aliphatic heterocycles. The largest absolute Gasteiger partial charge is 0.347 e. The minimum Gasteiger partial charge on any atom is -0.347 e. The Labute approximate surface area is 123 Å². The predicted molar refractivity (Wildman–Crippen MR) is 79.5 cm³/mol. The average molecular weight is 282 g/mol. The van der Waals surface area contributed by atoms with Gasteiger partial charge in [0.1, 0.15) is 0 Å². The van der Waals surface area contributed by atoms with E-state index in [-0.39, 0.29) is 11.8 Å². The van der Waals surface area contributed by atoms with E-state index in [1.54, 1.807) is 0 Å². The number of ether oxygens (including phenoxy) is 2. The minimum atomic E-state index is -0.314. The van der Waals surface area contributed by atoms with Crippen LogP contribution in [0.4, 0.5) is 0 Å². The van der Waals surface area contributed by atoms with Gasteiger partial charge in [0.25, 0.3) is 0 Å². The quantitative estimate of drug-likeness (QED) is 0.844. The zero-order chi connectivity index (χ0) is 14.0. The number of rotatable bonds is 2. The van der Waals surface area contributed by atoms with Crippen LogP contribution in [0, 0.1) is 0 Å². The molecule has 0 radical (unpaired) electrons. The van der Waals surface area contributed by atoms with Crippen molar-refractivity contribution in [2.75, 3.05) is 19.8 Å². The normalized spacial score (nSPS) is 39.0. The van der Waals surface area contributed by atoms with Gasteiger partial charge < -0.3 is 15.2 Å². The number of nitrogens with two attached hydrogens (primary N) is 1. The van der Waals surface area contributed by atoms with E-state index in [2.05, 4.69) is 11.8 Å². The van der Waals surface area contributed by atoms with Crippen LogP contribution >= 0.6 is 0 Å². The number of hydrogen-bond donors (Lipinski definition) is 1. The molecule has 1 spiro atoms. The van der Waals surface area contributed by atoms with Crippen LogP contribution in [0.5, 0.6) is 0 Å². The van der Waals surface area contributed by atoms with Crippen molar-refractivity contribution in [1.29, 1.82) is 0 Å². The van der Waals surface area contributed by atoms with Crippen molar-refractivity contribution < 1.29 is 9.47 Å². The zero-order valence-electron chi connectivity index (χ0n) is 12.9. The molecule has 2 saturated heterocycles. The lowest BCUT2D eigenvalue weighted by Gasteiger charge is -2.47. The highest BCUT2D eigenvalue weighted by Crippen LogP contribution is 2.39. The van der Waals surface area contributed by atoms with E-state index in [1.807, 2.05) is 0 Å². The molecule has 116 valence electrons. The van der Waals surface area contributed by atoms with E-state index < -0.39 is 0 Å². The summed E-state index contributed by atoms with van der Waals surface area (Å²) in [7, 11) is 0. The molecule has 1 saturated carbocycles. The van der Waals surface area contributed by atoms with Gasteiger partial charge in [-0.25, -0.2) is 0 Å². The molecule has 20 heavy (non-hydrogen) atoms. The molecule has 3 aliphatic rings. The van der Waals surface area contributed by atoms with Crippen LogP contribution in [0.2, 0.25) is 0 Å². The van der Waals surface area contributed by atoms with Gasteiger partial charge >= 0.3 is 0 Å². The monoisotopic (exact) mass is 282 g/mol. The van der Waals surface area contributed by atoms with Gasteiger partial charge in [-0.3, -0.25) is 4.90 Å². The molecule has 4 heteroatoms. The van der Waals surface area contributed by atoms with Gasteiger partial charge in [0.2, 0.25) is 0 Å². The smallest absolute Gasteiger partial charge is 0.170 e. The molecule has 2 N–H and O–H groups in total. The Morgan fingerprint density at radius 2 is 1.95 bits per heavy atom. The second kappa shape index (κ2) is 6.30. The molecule has 3 fully saturated rings. The average Bonchev–Trinajstić information content (AvgIpc) is 2.78. The molecular weight excluding hydrogens is 252 g/mol. The molecule has 1 aliphatic carbocycles. The lowest BCUT2D eigenvalue weighted by Crippen LogP contribution is -2.58. The molecule has 3 rings (SSSR count). The second-order valence-corrected chi connectivity index (χ2v) is 6.73. The fourth-order valence-corrected chi connectivity index (χ4v) is 4.35. The minimum absolute atomic E-state index is 0.278. The fourth-order valence-electron chi connectivity index (χ4n) is 4.35. The fraction of sp³-hybridized carbons (Fsp3) is 1.00. The summed E-state index contributed by atoms with van der Waals surface area (Å²) >= 11 is 0. The Morgan fingerprint density at radius 1 is 1.15 bits per heavy atom. The van der Waals surface area contributed by atoms with E-state index >= 15 is 0 Å². The molecule has 0 aromatic carbocycles. The zero-order valence-corrected chi connectivity index (χ0v) is 12.9. The molecule has 3 atom stereocenters. The molecule has 0 aromatic rings. The van der Waals surface area contributed by atoms with Crippen LogP contribution < -0.4 is 5.73 Å². The van der Waals surface area contributed by atoms with Crippen molar-refractivity contribution in [2.45, 2.75) is 82.2 Å². The molecule has 2 heterocycles. The van der Waals surface area contributed by atoms with Crippen molar-refractivity contribution in [1.82, 2.24) is 4.90 Å². The SMILES string of the molecule is CCC1CCCCCN1C1CC2(CCC1N)OCCO2. The van der Waals surface area contributed by atoms with E-state index in [0.29, 0.717) is 12.1 Å². The number of likely N-dealkylation sites (tertiary alicyclic amines) is 1. The summed E-state index contributed by atoms with van der Waals surface area (Å²) in [4.78, 5) is 2.70. The van der Waals surface area contributed by atoms with Crippen molar-refractivity contribution in [3.63, 3.8) is 0 Å². The summed E-state index contributed by atoms with van der Waals surface area (Å²) in [6, 6.07) is 1.41. The van der Waals surface area contributed by atoms with Gasteiger partial charge in [0.15, 0.2) is 5.79 Å². The van der Waals surface area contributed by atoms with Gasteiger partial charge in [0, 0.05) is 31.0 Å². The van der Waals surface area contributed by atoms with Crippen LogP contribution in [0.1, 0.15) is 58.3 Å². The van der Waals surface area contributed by atoms with Crippen LogP contribution in [0.15, 0.2) is 0 Å². The van der Waals surface area contributed by atoms with Crippen LogP contribution in [-0.4, -0.2) is 48.6 Å². The van der Waals surface area contributed by atoms with Crippen LogP contribution in [0.3, 0.4) is 0 Å². The Balaban J connectivity index is 1.74. The lowest BCUT2D eigenvalue weighted by molar-refractivity contribution is -0.193. The molecule has 0 bridgehead atoms. The molecule has 0 aromatic heterocycles. The molecule has 0 amide bonds. The summed E-state index contributed by atoms with van der Waals surface area (Å²) in [5.41, 5.74) is 6.48. The van der Waals surface area contributed by atoms with Gasteiger partial charge in [-0.05, 0) is 32.2 Å². The molecule has 4 nitrogen and oxygen atoms in total. The Hall–Kier alpha value is -0.160. The third-order valence-corrected chi connectivity index (χ3v) is 5.51. The highest BCUT2D eigenvalue weighted by Gasteiger charge is 2.46. The van der Waals surface area contributed by atoms with E-state index in [0.717, 1.165) is 32.5 Å². The van der Waals surface area contributed by atoms with E-state index in [4.69, 9.17) is 15.2 Å². The Kier molecular flexibility index (Phi) is 4.65. The molecular formula is C16H30N2O2. The maximum absolute atomic E-state index is 6.48. The first kappa shape index (κ1) is 14.8. The van der Waals surface area contributed by atoms with Gasteiger partial charge in [-0.1, -0.05) is 19.8 Å². The number of hydrogen-bond acceptors (Lipinski definition) is 4. The van der Waals surface area contributed by atoms with Crippen molar-refractivity contribution in [3.05, 3.63) is 0 Å². The summed E-state index contributed by atoms with van der Waals surface area (Å²) in [6.45, 7) is 5.01. The Morgan fingerprint density at radius 3 is 2.70 bits per heavy atom. The standard InChI is InChI=1S/C16H30N2O2/c1-2-13-6-4-3-5-9-18(13)15-12-16(8-7-14(15)17)19-10-11-20-16/h13-15H,2-12,17H2,1H3. The van der Waals surface area contributed by atoms with Gasteiger partial charge in [-0.2, -0.15) is 0 Å². The van der Waals surface area contributed by atoms with Gasteiger partial charge in [-0.15, -0.1) is 0 Å². The van der Waals surface area contributed by atoms with E-state index in [1.165, 1.54) is 38.6 Å². The molecule has 3 unspecified atom stereocenters. The van der Waals surface area contributed by atoms with Crippen molar-refractivity contribution in [2.24, 2.45) is 5.73 Å².